The highest BCUT2D eigenvalue weighted by Gasteiger charge is 2.25. The number of aryl methyl sites for hydroxylation is 1. The molecule has 0 spiro atoms. The average molecular weight is 497 g/mol. The van der Waals surface area contributed by atoms with E-state index in [1.807, 2.05) is 7.05 Å². The standard InChI is InChI=1S/C22H35N5.HI/c1-4-26(5-2)16-18-12-14-27(17-18)22(23-3)24-13-8-9-19-15-25-21-11-7-6-10-20(19)21;/h6-7,10-11,15,18,25H,4-5,8-9,12-14,16-17H2,1-3H3,(H,23,24);1H. The summed E-state index contributed by atoms with van der Waals surface area (Å²) in [5.41, 5.74) is 2.63. The number of fused-ring (bicyclic) bond motifs is 1. The van der Waals surface area contributed by atoms with Crippen LogP contribution in [0.25, 0.3) is 10.9 Å². The van der Waals surface area contributed by atoms with E-state index in [1.165, 1.54) is 29.4 Å². The van der Waals surface area contributed by atoms with Crippen molar-refractivity contribution in [2.75, 3.05) is 46.3 Å². The highest BCUT2D eigenvalue weighted by Crippen LogP contribution is 2.19. The zero-order valence-electron chi connectivity index (χ0n) is 17.6. The molecule has 1 aromatic heterocycles. The van der Waals surface area contributed by atoms with E-state index in [1.54, 1.807) is 0 Å². The summed E-state index contributed by atoms with van der Waals surface area (Å²) in [5.74, 6) is 1.82. The van der Waals surface area contributed by atoms with Gasteiger partial charge in [0.25, 0.3) is 0 Å². The van der Waals surface area contributed by atoms with E-state index in [9.17, 15) is 0 Å². The van der Waals surface area contributed by atoms with Gasteiger partial charge < -0.3 is 20.1 Å². The summed E-state index contributed by atoms with van der Waals surface area (Å²) < 4.78 is 0. The van der Waals surface area contributed by atoms with E-state index in [2.05, 4.69) is 69.4 Å². The number of hydrogen-bond acceptors (Lipinski definition) is 2. The van der Waals surface area contributed by atoms with Gasteiger partial charge in [-0.2, -0.15) is 0 Å². The molecule has 1 fully saturated rings. The van der Waals surface area contributed by atoms with E-state index < -0.39 is 0 Å². The van der Waals surface area contributed by atoms with E-state index >= 15 is 0 Å². The Balaban J connectivity index is 0.00000280. The van der Waals surface area contributed by atoms with Crippen molar-refractivity contribution in [1.82, 2.24) is 20.1 Å². The normalized spacial score (nSPS) is 17.4. The first-order valence-corrected chi connectivity index (χ1v) is 10.5. The molecule has 1 atom stereocenters. The maximum atomic E-state index is 4.52. The van der Waals surface area contributed by atoms with Gasteiger partial charge in [-0.1, -0.05) is 32.0 Å². The van der Waals surface area contributed by atoms with Crippen LogP contribution in [0.2, 0.25) is 0 Å². The van der Waals surface area contributed by atoms with Crippen LogP contribution in [0, 0.1) is 5.92 Å². The Morgan fingerprint density at radius 1 is 1.29 bits per heavy atom. The Morgan fingerprint density at radius 3 is 2.82 bits per heavy atom. The number of likely N-dealkylation sites (tertiary alicyclic amines) is 1. The minimum Gasteiger partial charge on any atom is -0.361 e. The second-order valence-corrected chi connectivity index (χ2v) is 7.52. The van der Waals surface area contributed by atoms with Crippen LogP contribution in [0.3, 0.4) is 0 Å². The third-order valence-electron chi connectivity index (χ3n) is 5.79. The maximum Gasteiger partial charge on any atom is 0.193 e. The fraction of sp³-hybridized carbons (Fsp3) is 0.591. The third-order valence-corrected chi connectivity index (χ3v) is 5.79. The number of nitrogens with one attached hydrogen (secondary N) is 2. The van der Waals surface area contributed by atoms with Crippen LogP contribution in [-0.2, 0) is 6.42 Å². The molecular formula is C22H36IN5. The van der Waals surface area contributed by atoms with E-state index in [0.717, 1.165) is 57.4 Å². The predicted molar refractivity (Wildman–Crippen MR) is 131 cm³/mol. The van der Waals surface area contributed by atoms with Crippen LogP contribution < -0.4 is 5.32 Å². The molecule has 1 unspecified atom stereocenters. The van der Waals surface area contributed by atoms with Gasteiger partial charge in [0.2, 0.25) is 0 Å². The summed E-state index contributed by atoms with van der Waals surface area (Å²) in [6.07, 6.45) is 5.61. The fourth-order valence-corrected chi connectivity index (χ4v) is 4.17. The van der Waals surface area contributed by atoms with Crippen molar-refractivity contribution in [1.29, 1.82) is 0 Å². The molecule has 156 valence electrons. The number of halogens is 1. The lowest BCUT2D eigenvalue weighted by Gasteiger charge is -2.24. The Bertz CT molecular complexity index is 737. The lowest BCUT2D eigenvalue weighted by atomic mass is 10.1. The summed E-state index contributed by atoms with van der Waals surface area (Å²) in [6.45, 7) is 11.2. The molecular weight excluding hydrogens is 461 g/mol. The van der Waals surface area contributed by atoms with Gasteiger partial charge in [0, 0.05) is 50.3 Å². The Morgan fingerprint density at radius 2 is 2.07 bits per heavy atom. The van der Waals surface area contributed by atoms with Crippen molar-refractivity contribution in [2.45, 2.75) is 33.1 Å². The van der Waals surface area contributed by atoms with Crippen LogP contribution in [0.15, 0.2) is 35.5 Å². The lowest BCUT2D eigenvalue weighted by Crippen LogP contribution is -2.41. The SMILES string of the molecule is CCN(CC)CC1CCN(C(=NC)NCCCc2c[nH]c3ccccc23)C1.I. The van der Waals surface area contributed by atoms with Crippen LogP contribution in [0.1, 0.15) is 32.3 Å². The Kier molecular flexibility index (Phi) is 9.58. The van der Waals surface area contributed by atoms with E-state index in [0.29, 0.717) is 0 Å². The topological polar surface area (TPSA) is 46.7 Å². The molecule has 2 N–H and O–H groups in total. The van der Waals surface area contributed by atoms with Gasteiger partial charge in [-0.3, -0.25) is 4.99 Å². The van der Waals surface area contributed by atoms with Crippen molar-refractivity contribution in [3.8, 4) is 0 Å². The second-order valence-electron chi connectivity index (χ2n) is 7.52. The molecule has 1 saturated heterocycles. The van der Waals surface area contributed by atoms with Crippen molar-refractivity contribution < 1.29 is 0 Å². The summed E-state index contributed by atoms with van der Waals surface area (Å²) >= 11 is 0. The van der Waals surface area contributed by atoms with E-state index in [4.69, 9.17) is 0 Å². The quantitative estimate of drug-likeness (QED) is 0.251. The first-order valence-electron chi connectivity index (χ1n) is 10.5. The van der Waals surface area contributed by atoms with Crippen molar-refractivity contribution in [2.24, 2.45) is 10.9 Å². The Hall–Kier alpha value is -1.28. The number of aliphatic imine (C=N–C) groups is 1. The minimum atomic E-state index is 0. The van der Waals surface area contributed by atoms with Crippen LogP contribution in [0.4, 0.5) is 0 Å². The molecule has 28 heavy (non-hydrogen) atoms. The molecule has 1 aliphatic rings. The third kappa shape index (κ3) is 5.86. The largest absolute Gasteiger partial charge is 0.361 e. The number of aromatic amines is 1. The van der Waals surface area contributed by atoms with Crippen molar-refractivity contribution in [3.63, 3.8) is 0 Å². The summed E-state index contributed by atoms with van der Waals surface area (Å²) in [7, 11) is 1.90. The molecule has 0 bridgehead atoms. The van der Waals surface area contributed by atoms with Gasteiger partial charge >= 0.3 is 0 Å². The maximum absolute atomic E-state index is 4.52. The van der Waals surface area contributed by atoms with E-state index in [-0.39, 0.29) is 24.0 Å². The number of H-pyrrole nitrogens is 1. The summed E-state index contributed by atoms with van der Waals surface area (Å²) in [6, 6.07) is 8.54. The van der Waals surface area contributed by atoms with Gasteiger partial charge in [-0.05, 0) is 49.9 Å². The molecule has 1 aliphatic heterocycles. The molecule has 0 aliphatic carbocycles. The van der Waals surface area contributed by atoms with Gasteiger partial charge in [-0.25, -0.2) is 0 Å². The lowest BCUT2D eigenvalue weighted by molar-refractivity contribution is 0.255. The number of guanidine groups is 1. The highest BCUT2D eigenvalue weighted by atomic mass is 127. The minimum absolute atomic E-state index is 0. The van der Waals surface area contributed by atoms with Crippen LogP contribution in [-0.4, -0.2) is 67.1 Å². The summed E-state index contributed by atoms with van der Waals surface area (Å²) in [4.78, 5) is 12.9. The molecule has 2 heterocycles. The Labute approximate surface area is 187 Å². The number of aromatic nitrogens is 1. The number of rotatable bonds is 8. The van der Waals surface area contributed by atoms with Gasteiger partial charge in [-0.15, -0.1) is 24.0 Å². The number of para-hydroxylation sites is 1. The molecule has 1 aromatic carbocycles. The molecule has 2 aromatic rings. The highest BCUT2D eigenvalue weighted by molar-refractivity contribution is 14.0. The second kappa shape index (κ2) is 11.7. The molecule has 5 nitrogen and oxygen atoms in total. The number of benzene rings is 1. The van der Waals surface area contributed by atoms with Crippen LogP contribution in [0.5, 0.6) is 0 Å². The molecule has 0 radical (unpaired) electrons. The number of hydrogen-bond donors (Lipinski definition) is 2. The molecule has 0 saturated carbocycles. The predicted octanol–water partition coefficient (Wildman–Crippen LogP) is 3.96. The van der Waals surface area contributed by atoms with Gasteiger partial charge in [0.1, 0.15) is 0 Å². The summed E-state index contributed by atoms with van der Waals surface area (Å²) in [5, 5.41) is 4.92. The van der Waals surface area contributed by atoms with Gasteiger partial charge in [0.05, 0.1) is 0 Å². The first kappa shape index (κ1) is 23.0. The average Bonchev–Trinajstić information content (AvgIpc) is 3.33. The smallest absolute Gasteiger partial charge is 0.193 e. The number of nitrogens with zero attached hydrogens (tertiary/aromatic N) is 3. The van der Waals surface area contributed by atoms with Crippen LogP contribution >= 0.6 is 24.0 Å². The fourth-order valence-electron chi connectivity index (χ4n) is 4.17. The van der Waals surface area contributed by atoms with Crippen molar-refractivity contribution in [3.05, 3.63) is 36.0 Å². The van der Waals surface area contributed by atoms with Crippen molar-refractivity contribution >= 4 is 40.8 Å². The first-order chi connectivity index (χ1) is 13.2. The zero-order chi connectivity index (χ0) is 19.1. The molecule has 3 rings (SSSR count). The molecule has 6 heteroatoms. The van der Waals surface area contributed by atoms with Gasteiger partial charge in [0.15, 0.2) is 5.96 Å². The molecule has 0 amide bonds. The zero-order valence-corrected chi connectivity index (χ0v) is 19.9. The monoisotopic (exact) mass is 497 g/mol.